The number of carbonyl (C=O) groups excluding carboxylic acids is 1. The van der Waals surface area contributed by atoms with Gasteiger partial charge in [0.15, 0.2) is 0 Å². The van der Waals surface area contributed by atoms with Gasteiger partial charge in [0.2, 0.25) is 5.95 Å². The normalized spacial score (nSPS) is 17.1. The van der Waals surface area contributed by atoms with Crippen LogP contribution in [0.25, 0.3) is 0 Å². The molecule has 2 rings (SSSR count). The Bertz CT molecular complexity index is 444. The minimum atomic E-state index is -0.550. The number of piperazine rings is 1. The number of halogens is 1. The maximum absolute atomic E-state index is 12.1. The van der Waals surface area contributed by atoms with Crippen LogP contribution in [0.4, 0.5) is 5.95 Å². The lowest BCUT2D eigenvalue weighted by Crippen LogP contribution is -2.53. The molecule has 1 aliphatic heterocycles. The summed E-state index contributed by atoms with van der Waals surface area (Å²) in [7, 11) is 1.50. The number of nitrogens with two attached hydrogens (primary N) is 1. The van der Waals surface area contributed by atoms with Gasteiger partial charge < -0.3 is 20.3 Å². The third-order valence-corrected chi connectivity index (χ3v) is 3.66. The van der Waals surface area contributed by atoms with Crippen molar-refractivity contribution in [3.05, 3.63) is 16.9 Å². The zero-order valence-electron chi connectivity index (χ0n) is 11.3. The Morgan fingerprint density at radius 2 is 2.00 bits per heavy atom. The molecule has 20 heavy (non-hydrogen) atoms. The van der Waals surface area contributed by atoms with Gasteiger partial charge in [-0.25, -0.2) is 9.97 Å². The Balaban J connectivity index is 1.92. The molecule has 7 nitrogen and oxygen atoms in total. The molecule has 0 spiro atoms. The van der Waals surface area contributed by atoms with Gasteiger partial charge >= 0.3 is 0 Å². The highest BCUT2D eigenvalue weighted by Crippen LogP contribution is 2.13. The van der Waals surface area contributed by atoms with Crippen molar-refractivity contribution in [3.8, 4) is 0 Å². The SMILES string of the molecule is COC(CN)C(=O)N1CCN(c2ncc(Br)cn2)CC1. The molecular weight excluding hydrogens is 326 g/mol. The van der Waals surface area contributed by atoms with Crippen LogP contribution >= 0.6 is 15.9 Å². The summed E-state index contributed by atoms with van der Waals surface area (Å²) in [5.74, 6) is 0.633. The minimum absolute atomic E-state index is 0.0497. The molecule has 1 saturated heterocycles. The van der Waals surface area contributed by atoms with E-state index in [1.807, 2.05) is 0 Å². The number of nitrogens with zero attached hydrogens (tertiary/aromatic N) is 4. The van der Waals surface area contributed by atoms with Crippen molar-refractivity contribution < 1.29 is 9.53 Å². The van der Waals surface area contributed by atoms with E-state index in [4.69, 9.17) is 10.5 Å². The molecule has 0 aliphatic carbocycles. The molecule has 1 fully saturated rings. The summed E-state index contributed by atoms with van der Waals surface area (Å²) in [5.41, 5.74) is 5.52. The lowest BCUT2D eigenvalue weighted by molar-refractivity contribution is -0.141. The summed E-state index contributed by atoms with van der Waals surface area (Å²) >= 11 is 3.31. The number of hydrogen-bond acceptors (Lipinski definition) is 6. The highest BCUT2D eigenvalue weighted by Gasteiger charge is 2.27. The van der Waals surface area contributed by atoms with Gasteiger partial charge in [-0.1, -0.05) is 0 Å². The molecule has 8 heteroatoms. The molecule has 0 aromatic carbocycles. The summed E-state index contributed by atoms with van der Waals surface area (Å²) in [6.07, 6.45) is 2.88. The first-order chi connectivity index (χ1) is 9.65. The molecule has 0 radical (unpaired) electrons. The number of amides is 1. The maximum atomic E-state index is 12.1. The van der Waals surface area contributed by atoms with E-state index in [0.29, 0.717) is 32.1 Å². The van der Waals surface area contributed by atoms with Crippen molar-refractivity contribution >= 4 is 27.8 Å². The van der Waals surface area contributed by atoms with Crippen molar-refractivity contribution in [1.29, 1.82) is 0 Å². The third kappa shape index (κ3) is 3.44. The predicted molar refractivity (Wildman–Crippen MR) is 78.4 cm³/mol. The zero-order chi connectivity index (χ0) is 14.5. The number of anilines is 1. The average Bonchev–Trinajstić information content (AvgIpc) is 2.49. The summed E-state index contributed by atoms with van der Waals surface area (Å²) in [6, 6.07) is 0. The van der Waals surface area contributed by atoms with Crippen LogP contribution in [0.3, 0.4) is 0 Å². The number of hydrogen-bond donors (Lipinski definition) is 1. The Morgan fingerprint density at radius 1 is 1.40 bits per heavy atom. The van der Waals surface area contributed by atoms with Gasteiger partial charge in [0.05, 0.1) is 4.47 Å². The van der Waals surface area contributed by atoms with Crippen LogP contribution in [0.2, 0.25) is 0 Å². The molecule has 1 aliphatic rings. The van der Waals surface area contributed by atoms with Crippen LogP contribution < -0.4 is 10.6 Å². The molecular formula is C12H18BrN5O2. The summed E-state index contributed by atoms with van der Waals surface area (Å²) in [5, 5.41) is 0. The van der Waals surface area contributed by atoms with Crippen LogP contribution in [-0.4, -0.2) is 66.7 Å². The van der Waals surface area contributed by atoms with Crippen LogP contribution in [0.15, 0.2) is 16.9 Å². The number of aromatic nitrogens is 2. The van der Waals surface area contributed by atoms with Crippen LogP contribution in [0.1, 0.15) is 0 Å². The first-order valence-corrected chi connectivity index (χ1v) is 7.19. The third-order valence-electron chi connectivity index (χ3n) is 3.25. The van der Waals surface area contributed by atoms with Crippen molar-refractivity contribution in [2.24, 2.45) is 5.73 Å². The van der Waals surface area contributed by atoms with Gasteiger partial charge in [-0.15, -0.1) is 0 Å². The fraction of sp³-hybridized carbons (Fsp3) is 0.583. The second-order valence-electron chi connectivity index (χ2n) is 4.47. The summed E-state index contributed by atoms with van der Waals surface area (Å²) in [4.78, 5) is 24.5. The molecule has 1 unspecified atom stereocenters. The zero-order valence-corrected chi connectivity index (χ0v) is 12.9. The van der Waals surface area contributed by atoms with E-state index in [1.165, 1.54) is 7.11 Å². The molecule has 0 saturated carbocycles. The molecule has 1 amide bonds. The minimum Gasteiger partial charge on any atom is -0.370 e. The Labute approximate surface area is 126 Å². The molecule has 110 valence electrons. The number of rotatable bonds is 4. The van der Waals surface area contributed by atoms with Gasteiger partial charge in [-0.05, 0) is 15.9 Å². The number of carbonyl (C=O) groups is 1. The van der Waals surface area contributed by atoms with Gasteiger partial charge in [0, 0.05) is 52.2 Å². The van der Waals surface area contributed by atoms with Crippen molar-refractivity contribution in [1.82, 2.24) is 14.9 Å². The molecule has 2 N–H and O–H groups in total. The van der Waals surface area contributed by atoms with E-state index < -0.39 is 6.10 Å². The highest BCUT2D eigenvalue weighted by molar-refractivity contribution is 9.10. The van der Waals surface area contributed by atoms with E-state index in [2.05, 4.69) is 30.8 Å². The predicted octanol–water partition coefficient (Wildman–Crippen LogP) is -0.139. The van der Waals surface area contributed by atoms with Crippen molar-refractivity contribution in [2.45, 2.75) is 6.10 Å². The standard InChI is InChI=1S/C12H18BrN5O2/c1-20-10(6-14)11(19)17-2-4-18(5-3-17)12-15-7-9(13)8-16-12/h7-8,10H,2-6,14H2,1H3. The van der Waals surface area contributed by atoms with Gasteiger partial charge in [0.1, 0.15) is 6.10 Å². The average molecular weight is 344 g/mol. The second-order valence-corrected chi connectivity index (χ2v) is 5.39. The second kappa shape index (κ2) is 6.96. The smallest absolute Gasteiger partial charge is 0.253 e. The molecule has 2 heterocycles. The van der Waals surface area contributed by atoms with Gasteiger partial charge in [-0.2, -0.15) is 0 Å². The topological polar surface area (TPSA) is 84.6 Å². The van der Waals surface area contributed by atoms with Gasteiger partial charge in [0.25, 0.3) is 5.91 Å². The summed E-state index contributed by atoms with van der Waals surface area (Å²) in [6.45, 7) is 2.85. The number of ether oxygens (including phenoxy) is 1. The van der Waals surface area contributed by atoms with Crippen molar-refractivity contribution in [2.75, 3.05) is 44.7 Å². The maximum Gasteiger partial charge on any atom is 0.253 e. The lowest BCUT2D eigenvalue weighted by Gasteiger charge is -2.35. The fourth-order valence-electron chi connectivity index (χ4n) is 2.10. The Morgan fingerprint density at radius 3 is 2.50 bits per heavy atom. The highest BCUT2D eigenvalue weighted by atomic mass is 79.9. The fourth-order valence-corrected chi connectivity index (χ4v) is 2.30. The van der Waals surface area contributed by atoms with E-state index >= 15 is 0 Å². The largest absolute Gasteiger partial charge is 0.370 e. The van der Waals surface area contributed by atoms with E-state index in [0.717, 1.165) is 4.47 Å². The van der Waals surface area contributed by atoms with Crippen LogP contribution in [0.5, 0.6) is 0 Å². The van der Waals surface area contributed by atoms with Crippen LogP contribution in [-0.2, 0) is 9.53 Å². The molecule has 1 atom stereocenters. The Kier molecular flexibility index (Phi) is 5.27. The van der Waals surface area contributed by atoms with Gasteiger partial charge in [-0.3, -0.25) is 4.79 Å². The van der Waals surface area contributed by atoms with Crippen molar-refractivity contribution in [3.63, 3.8) is 0 Å². The lowest BCUT2D eigenvalue weighted by atomic mass is 10.2. The van der Waals surface area contributed by atoms with E-state index in [9.17, 15) is 4.79 Å². The Hall–Kier alpha value is -1.25. The van der Waals surface area contributed by atoms with Crippen LogP contribution in [0, 0.1) is 0 Å². The van der Waals surface area contributed by atoms with E-state index in [1.54, 1.807) is 17.3 Å². The quantitative estimate of drug-likeness (QED) is 0.819. The summed E-state index contributed by atoms with van der Waals surface area (Å²) < 4.78 is 5.93. The van der Waals surface area contributed by atoms with E-state index in [-0.39, 0.29) is 12.5 Å². The monoisotopic (exact) mass is 343 g/mol. The first kappa shape index (κ1) is 15.1. The molecule has 1 aromatic rings. The molecule has 0 bridgehead atoms. The molecule has 1 aromatic heterocycles. The number of methoxy groups -OCH3 is 1. The first-order valence-electron chi connectivity index (χ1n) is 6.40.